The average Bonchev–Trinajstić information content (AvgIpc) is 2.42. The van der Waals surface area contributed by atoms with Crippen molar-refractivity contribution in [1.82, 2.24) is 4.90 Å². The van der Waals surface area contributed by atoms with Crippen LogP contribution in [0.4, 0.5) is 0 Å². The van der Waals surface area contributed by atoms with Crippen molar-refractivity contribution in [1.29, 1.82) is 0 Å². The molecular weight excluding hydrogens is 172 g/mol. The molecule has 14 heavy (non-hydrogen) atoms. The van der Waals surface area contributed by atoms with Crippen LogP contribution >= 0.6 is 0 Å². The molecule has 1 atom stereocenters. The van der Waals surface area contributed by atoms with E-state index >= 15 is 0 Å². The zero-order valence-corrected chi connectivity index (χ0v) is 9.47. The largest absolute Gasteiger partial charge is 0.326 e. The molecule has 0 aromatic carbocycles. The molecule has 0 amide bonds. The lowest BCUT2D eigenvalue weighted by Crippen LogP contribution is -2.53. The zero-order valence-electron chi connectivity index (χ0n) is 9.47. The zero-order chi connectivity index (χ0) is 10.0. The van der Waals surface area contributed by atoms with Crippen LogP contribution < -0.4 is 5.73 Å². The monoisotopic (exact) mass is 196 g/mol. The first kappa shape index (κ1) is 10.4. The molecule has 1 aliphatic heterocycles. The third-order valence-electron chi connectivity index (χ3n) is 4.38. The van der Waals surface area contributed by atoms with Gasteiger partial charge in [-0.15, -0.1) is 0 Å². The minimum absolute atomic E-state index is 0.394. The van der Waals surface area contributed by atoms with Crippen molar-refractivity contribution in [2.75, 3.05) is 13.1 Å². The van der Waals surface area contributed by atoms with Crippen LogP contribution in [0.2, 0.25) is 0 Å². The standard InChI is InChI=1S/C12H24N2/c1-2-14-10-7-11(13)12(14)8-5-3-4-6-9-12/h11H,2-10,13H2,1H3. The van der Waals surface area contributed by atoms with Crippen LogP contribution in [0.3, 0.4) is 0 Å². The maximum atomic E-state index is 6.34. The van der Waals surface area contributed by atoms with Gasteiger partial charge in [-0.05, 0) is 25.8 Å². The third-order valence-corrected chi connectivity index (χ3v) is 4.38. The van der Waals surface area contributed by atoms with E-state index in [-0.39, 0.29) is 0 Å². The first-order valence-corrected chi connectivity index (χ1v) is 6.30. The molecule has 2 nitrogen and oxygen atoms in total. The summed E-state index contributed by atoms with van der Waals surface area (Å²) in [6.07, 6.45) is 9.55. The Bertz CT molecular complexity index is 183. The summed E-state index contributed by atoms with van der Waals surface area (Å²) >= 11 is 0. The SMILES string of the molecule is CCN1CCC(N)C12CCCCCC2. The summed E-state index contributed by atoms with van der Waals surface area (Å²) in [5, 5.41) is 0. The number of likely N-dealkylation sites (tertiary alicyclic amines) is 1. The van der Waals surface area contributed by atoms with Gasteiger partial charge in [0, 0.05) is 18.1 Å². The molecule has 0 radical (unpaired) electrons. The van der Waals surface area contributed by atoms with E-state index in [9.17, 15) is 0 Å². The lowest BCUT2D eigenvalue weighted by Gasteiger charge is -2.40. The molecule has 0 bridgehead atoms. The van der Waals surface area contributed by atoms with Crippen molar-refractivity contribution < 1.29 is 0 Å². The number of nitrogens with zero attached hydrogens (tertiary/aromatic N) is 1. The van der Waals surface area contributed by atoms with Crippen molar-refractivity contribution in [3.05, 3.63) is 0 Å². The Morgan fingerprint density at radius 3 is 2.43 bits per heavy atom. The van der Waals surface area contributed by atoms with Gasteiger partial charge in [-0.2, -0.15) is 0 Å². The number of nitrogens with two attached hydrogens (primary N) is 1. The molecule has 1 unspecified atom stereocenters. The van der Waals surface area contributed by atoms with Gasteiger partial charge in [0.15, 0.2) is 0 Å². The molecule has 2 rings (SSSR count). The Morgan fingerprint density at radius 2 is 1.86 bits per heavy atom. The molecule has 2 aliphatic rings. The predicted molar refractivity (Wildman–Crippen MR) is 60.3 cm³/mol. The quantitative estimate of drug-likeness (QED) is 0.696. The van der Waals surface area contributed by atoms with Gasteiger partial charge in [0.05, 0.1) is 0 Å². The highest BCUT2D eigenvalue weighted by Gasteiger charge is 2.45. The summed E-state index contributed by atoms with van der Waals surface area (Å²) < 4.78 is 0. The maximum absolute atomic E-state index is 6.34. The van der Waals surface area contributed by atoms with Crippen LogP contribution in [0.15, 0.2) is 0 Å². The molecule has 1 saturated heterocycles. The summed E-state index contributed by atoms with van der Waals surface area (Å²) in [5.41, 5.74) is 6.73. The Labute approximate surface area is 87.8 Å². The van der Waals surface area contributed by atoms with Crippen LogP contribution in [-0.2, 0) is 0 Å². The smallest absolute Gasteiger partial charge is 0.0360 e. The Kier molecular flexibility index (Phi) is 3.13. The van der Waals surface area contributed by atoms with Crippen molar-refractivity contribution in [2.45, 2.75) is 63.5 Å². The molecular formula is C12H24N2. The molecule has 0 aromatic rings. The van der Waals surface area contributed by atoms with Crippen LogP contribution in [0, 0.1) is 0 Å². The van der Waals surface area contributed by atoms with Crippen molar-refractivity contribution in [3.8, 4) is 0 Å². The first-order valence-electron chi connectivity index (χ1n) is 6.30. The van der Waals surface area contributed by atoms with Gasteiger partial charge < -0.3 is 5.73 Å². The van der Waals surface area contributed by atoms with Gasteiger partial charge in [0.25, 0.3) is 0 Å². The highest BCUT2D eigenvalue weighted by atomic mass is 15.2. The van der Waals surface area contributed by atoms with Crippen molar-refractivity contribution in [2.24, 2.45) is 5.73 Å². The van der Waals surface area contributed by atoms with Gasteiger partial charge >= 0.3 is 0 Å². The fourth-order valence-corrected chi connectivity index (χ4v) is 3.52. The fourth-order valence-electron chi connectivity index (χ4n) is 3.52. The van der Waals surface area contributed by atoms with Gasteiger partial charge in [-0.25, -0.2) is 0 Å². The number of hydrogen-bond acceptors (Lipinski definition) is 2. The van der Waals surface area contributed by atoms with Crippen LogP contribution in [-0.4, -0.2) is 29.6 Å². The van der Waals surface area contributed by atoms with E-state index in [1.807, 2.05) is 0 Å². The minimum atomic E-state index is 0.394. The van der Waals surface area contributed by atoms with E-state index in [1.54, 1.807) is 0 Å². The Balaban J connectivity index is 2.15. The van der Waals surface area contributed by atoms with E-state index in [0.717, 1.165) is 0 Å². The maximum Gasteiger partial charge on any atom is 0.0360 e. The van der Waals surface area contributed by atoms with Gasteiger partial charge in [0.1, 0.15) is 0 Å². The molecule has 1 spiro atoms. The summed E-state index contributed by atoms with van der Waals surface area (Å²) in [6, 6.07) is 0.445. The Morgan fingerprint density at radius 1 is 1.21 bits per heavy atom. The van der Waals surface area contributed by atoms with Crippen LogP contribution in [0.25, 0.3) is 0 Å². The molecule has 82 valence electrons. The highest BCUT2D eigenvalue weighted by Crippen LogP contribution is 2.39. The molecule has 1 saturated carbocycles. The number of hydrogen-bond donors (Lipinski definition) is 1. The van der Waals surface area contributed by atoms with Gasteiger partial charge in [-0.3, -0.25) is 4.90 Å². The summed E-state index contributed by atoms with van der Waals surface area (Å²) in [6.45, 7) is 4.70. The van der Waals surface area contributed by atoms with Gasteiger partial charge in [-0.1, -0.05) is 32.6 Å². The highest BCUT2D eigenvalue weighted by molar-refractivity contribution is 5.04. The summed E-state index contributed by atoms with van der Waals surface area (Å²) in [7, 11) is 0. The fraction of sp³-hybridized carbons (Fsp3) is 1.00. The average molecular weight is 196 g/mol. The molecule has 2 N–H and O–H groups in total. The van der Waals surface area contributed by atoms with Gasteiger partial charge in [0.2, 0.25) is 0 Å². The lowest BCUT2D eigenvalue weighted by molar-refractivity contribution is 0.112. The van der Waals surface area contributed by atoms with E-state index < -0.39 is 0 Å². The number of likely N-dealkylation sites (N-methyl/N-ethyl adjacent to an activating group) is 1. The normalized spacial score (nSPS) is 33.4. The van der Waals surface area contributed by atoms with E-state index in [0.29, 0.717) is 11.6 Å². The second kappa shape index (κ2) is 4.19. The summed E-state index contributed by atoms with van der Waals surface area (Å²) in [5.74, 6) is 0. The molecule has 2 fully saturated rings. The molecule has 1 aliphatic carbocycles. The predicted octanol–water partition coefficient (Wildman–Crippen LogP) is 2.13. The van der Waals surface area contributed by atoms with E-state index in [1.165, 1.54) is 58.0 Å². The van der Waals surface area contributed by atoms with E-state index in [2.05, 4.69) is 11.8 Å². The minimum Gasteiger partial charge on any atom is -0.326 e. The second-order valence-electron chi connectivity index (χ2n) is 4.99. The van der Waals surface area contributed by atoms with Crippen molar-refractivity contribution >= 4 is 0 Å². The van der Waals surface area contributed by atoms with Crippen LogP contribution in [0.1, 0.15) is 51.9 Å². The second-order valence-corrected chi connectivity index (χ2v) is 4.99. The topological polar surface area (TPSA) is 29.3 Å². The summed E-state index contributed by atoms with van der Waals surface area (Å²) in [4.78, 5) is 2.66. The van der Waals surface area contributed by atoms with E-state index in [4.69, 9.17) is 5.73 Å². The Hall–Kier alpha value is -0.0800. The first-order chi connectivity index (χ1) is 6.79. The van der Waals surface area contributed by atoms with Crippen molar-refractivity contribution in [3.63, 3.8) is 0 Å². The lowest BCUT2D eigenvalue weighted by atomic mass is 9.84. The van der Waals surface area contributed by atoms with Crippen LogP contribution in [0.5, 0.6) is 0 Å². The number of rotatable bonds is 1. The molecule has 1 heterocycles. The molecule has 0 aromatic heterocycles. The molecule has 2 heteroatoms. The third kappa shape index (κ3) is 1.59.